The maximum absolute atomic E-state index is 4.78. The lowest BCUT2D eigenvalue weighted by Gasteiger charge is -2.18. The number of rotatable bonds is 8. The Labute approximate surface area is 164 Å². The van der Waals surface area contributed by atoms with Crippen molar-refractivity contribution in [2.24, 2.45) is 0 Å². The van der Waals surface area contributed by atoms with Crippen molar-refractivity contribution in [2.45, 2.75) is 47.0 Å². The van der Waals surface area contributed by atoms with Gasteiger partial charge in [-0.3, -0.25) is 0 Å². The molecule has 0 spiro atoms. The van der Waals surface area contributed by atoms with E-state index in [9.17, 15) is 0 Å². The molecule has 3 rings (SSSR count). The molecule has 1 aromatic heterocycles. The summed E-state index contributed by atoms with van der Waals surface area (Å²) in [5, 5.41) is 6.10. The van der Waals surface area contributed by atoms with Crippen LogP contribution in [0.5, 0.6) is 0 Å². The molecule has 0 aliphatic rings. The van der Waals surface area contributed by atoms with Gasteiger partial charge in [-0.15, -0.1) is 0 Å². The largest absolute Gasteiger partial charge is 0.384 e. The zero-order valence-electron chi connectivity index (χ0n) is 17.5. The van der Waals surface area contributed by atoms with Gasteiger partial charge in [-0.25, -0.2) is 4.98 Å². The molecule has 0 saturated heterocycles. The summed E-state index contributed by atoms with van der Waals surface area (Å²) in [5.41, 5.74) is 3.34. The Hall–Kier alpha value is -2.13. The van der Waals surface area contributed by atoms with Crippen LogP contribution in [-0.2, 0) is 0 Å². The van der Waals surface area contributed by atoms with Crippen LogP contribution >= 0.6 is 0 Å². The van der Waals surface area contributed by atoms with E-state index in [1.807, 2.05) is 0 Å². The van der Waals surface area contributed by atoms with Gasteiger partial charge in [-0.2, -0.15) is 0 Å². The Kier molecular flexibility index (Phi) is 9.06. The number of fused-ring (bicyclic) bond motifs is 2. The molecular weight excluding hydrogens is 330 g/mol. The molecule has 0 aliphatic carbocycles. The molecule has 0 fully saturated rings. The van der Waals surface area contributed by atoms with Gasteiger partial charge in [0, 0.05) is 17.3 Å². The van der Waals surface area contributed by atoms with Gasteiger partial charge in [0.05, 0.1) is 16.7 Å². The van der Waals surface area contributed by atoms with Gasteiger partial charge in [0.25, 0.3) is 0 Å². The van der Waals surface area contributed by atoms with Crippen LogP contribution in [0.2, 0.25) is 0 Å². The molecule has 1 heterocycles. The number of pyridine rings is 1. The second kappa shape index (κ2) is 11.6. The number of nitrogens with one attached hydrogen (secondary N) is 1. The summed E-state index contributed by atoms with van der Waals surface area (Å²) in [4.78, 5) is 7.26. The van der Waals surface area contributed by atoms with Gasteiger partial charge in [-0.05, 0) is 44.6 Å². The van der Waals surface area contributed by atoms with Crippen LogP contribution in [0, 0.1) is 0 Å². The fourth-order valence-electron chi connectivity index (χ4n) is 3.24. The number of para-hydroxylation sites is 2. The van der Waals surface area contributed by atoms with Gasteiger partial charge in [0.1, 0.15) is 0 Å². The monoisotopic (exact) mass is 365 g/mol. The number of anilines is 1. The Morgan fingerprint density at radius 2 is 1.30 bits per heavy atom. The maximum Gasteiger partial charge on any atom is 0.0730 e. The Morgan fingerprint density at radius 3 is 1.81 bits per heavy atom. The van der Waals surface area contributed by atoms with Crippen molar-refractivity contribution < 1.29 is 0 Å². The molecule has 0 radical (unpaired) electrons. The number of benzene rings is 2. The summed E-state index contributed by atoms with van der Waals surface area (Å²) in [5.74, 6) is 0. The zero-order chi connectivity index (χ0) is 19.5. The molecule has 3 heteroatoms. The fraction of sp³-hybridized carbons (Fsp3) is 0.458. The Bertz CT molecular complexity index is 755. The lowest BCUT2D eigenvalue weighted by atomic mass is 10.1. The third-order valence-electron chi connectivity index (χ3n) is 4.69. The molecule has 2 aromatic carbocycles. The highest BCUT2D eigenvalue weighted by molar-refractivity contribution is 6.07. The topological polar surface area (TPSA) is 28.2 Å². The van der Waals surface area contributed by atoms with Crippen LogP contribution in [0.3, 0.4) is 0 Å². The molecule has 0 unspecified atom stereocenters. The maximum atomic E-state index is 4.78. The molecule has 0 amide bonds. The van der Waals surface area contributed by atoms with Crippen molar-refractivity contribution in [1.29, 1.82) is 0 Å². The molecule has 0 saturated carbocycles. The highest BCUT2D eigenvalue weighted by Gasteiger charge is 2.08. The lowest BCUT2D eigenvalue weighted by Crippen LogP contribution is -2.24. The molecule has 3 nitrogen and oxygen atoms in total. The number of hydrogen-bond donors (Lipinski definition) is 1. The van der Waals surface area contributed by atoms with E-state index in [1.54, 1.807) is 0 Å². The van der Waals surface area contributed by atoms with Crippen molar-refractivity contribution in [3.05, 3.63) is 48.5 Å². The minimum Gasteiger partial charge on any atom is -0.384 e. The smallest absolute Gasteiger partial charge is 0.0730 e. The van der Waals surface area contributed by atoms with Crippen LogP contribution in [0.15, 0.2) is 48.5 Å². The normalized spacial score (nSPS) is 10.9. The van der Waals surface area contributed by atoms with Crippen molar-refractivity contribution in [1.82, 2.24) is 9.88 Å². The highest BCUT2D eigenvalue weighted by atomic mass is 15.1. The Balaban J connectivity index is 0.000000817. The lowest BCUT2D eigenvalue weighted by molar-refractivity contribution is 0.298. The van der Waals surface area contributed by atoms with Crippen LogP contribution in [0.1, 0.15) is 47.0 Å². The predicted molar refractivity (Wildman–Crippen MR) is 121 cm³/mol. The number of unbranched alkanes of at least 4 members (excludes halogenated alkanes) is 1. The van der Waals surface area contributed by atoms with Crippen molar-refractivity contribution in [3.63, 3.8) is 0 Å². The van der Waals surface area contributed by atoms with Gasteiger partial charge in [-0.1, -0.05) is 70.5 Å². The van der Waals surface area contributed by atoms with Gasteiger partial charge in [0.15, 0.2) is 0 Å². The van der Waals surface area contributed by atoms with Crippen LogP contribution in [0.25, 0.3) is 21.8 Å². The van der Waals surface area contributed by atoms with E-state index >= 15 is 0 Å². The zero-order valence-corrected chi connectivity index (χ0v) is 17.5. The van der Waals surface area contributed by atoms with E-state index in [1.165, 1.54) is 42.3 Å². The predicted octanol–water partition coefficient (Wildman–Crippen LogP) is 6.34. The first-order valence-corrected chi connectivity index (χ1v) is 10.5. The van der Waals surface area contributed by atoms with Crippen LogP contribution in [-0.4, -0.2) is 36.1 Å². The number of hydrogen-bond acceptors (Lipinski definition) is 3. The summed E-state index contributed by atoms with van der Waals surface area (Å²) in [6, 6.07) is 16.8. The Morgan fingerprint density at radius 1 is 0.778 bits per heavy atom. The quantitative estimate of drug-likeness (QED) is 0.373. The second-order valence-electron chi connectivity index (χ2n) is 6.89. The average molecular weight is 366 g/mol. The first kappa shape index (κ1) is 21.2. The van der Waals surface area contributed by atoms with Gasteiger partial charge in [0.2, 0.25) is 0 Å². The van der Waals surface area contributed by atoms with Crippen molar-refractivity contribution >= 4 is 27.5 Å². The fourth-order valence-corrected chi connectivity index (χ4v) is 3.24. The summed E-state index contributed by atoms with van der Waals surface area (Å²) in [7, 11) is 0. The molecule has 146 valence electrons. The highest BCUT2D eigenvalue weighted by Crippen LogP contribution is 2.30. The minimum absolute atomic E-state index is 0.999. The van der Waals surface area contributed by atoms with Gasteiger partial charge >= 0.3 is 0 Å². The van der Waals surface area contributed by atoms with Gasteiger partial charge < -0.3 is 10.2 Å². The third kappa shape index (κ3) is 5.93. The summed E-state index contributed by atoms with van der Waals surface area (Å²) in [6.07, 6.45) is 3.66. The van der Waals surface area contributed by atoms with E-state index in [-0.39, 0.29) is 0 Å². The van der Waals surface area contributed by atoms with E-state index in [4.69, 9.17) is 4.98 Å². The standard InChI is InChI=1S/C21H27N3.C3H8/c1-3-24(4-2)16-10-9-15-22-21-17-11-5-7-13-19(17)23-20-14-8-6-12-18(20)21;1-3-2/h5-8,11-14H,3-4,9-10,15-16H2,1-2H3,(H,22,23);3H2,1-2H3. The molecule has 3 aromatic rings. The second-order valence-corrected chi connectivity index (χ2v) is 6.89. The SMILES string of the molecule is CCC.CCN(CC)CCCCNc1c2ccccc2nc2ccccc12. The average Bonchev–Trinajstić information content (AvgIpc) is 2.70. The van der Waals surface area contributed by atoms with Crippen molar-refractivity contribution in [3.8, 4) is 0 Å². The summed E-state index contributed by atoms with van der Waals surface area (Å²) >= 11 is 0. The number of nitrogens with zero attached hydrogens (tertiary/aromatic N) is 2. The van der Waals surface area contributed by atoms with Crippen molar-refractivity contribution in [2.75, 3.05) is 31.5 Å². The van der Waals surface area contributed by atoms with Crippen LogP contribution in [0.4, 0.5) is 5.69 Å². The van der Waals surface area contributed by atoms with E-state index in [0.29, 0.717) is 0 Å². The molecule has 0 bridgehead atoms. The molecule has 27 heavy (non-hydrogen) atoms. The number of aromatic nitrogens is 1. The van der Waals surface area contributed by atoms with E-state index in [2.05, 4.69) is 86.4 Å². The molecule has 1 N–H and O–H groups in total. The van der Waals surface area contributed by atoms with Crippen LogP contribution < -0.4 is 5.32 Å². The van der Waals surface area contributed by atoms with E-state index < -0.39 is 0 Å². The molecular formula is C24H35N3. The summed E-state index contributed by atoms with van der Waals surface area (Å²) in [6.45, 7) is 13.2. The minimum atomic E-state index is 0.999. The molecule has 0 aliphatic heterocycles. The van der Waals surface area contributed by atoms with E-state index in [0.717, 1.165) is 30.7 Å². The third-order valence-corrected chi connectivity index (χ3v) is 4.69. The molecule has 0 atom stereocenters. The first-order valence-electron chi connectivity index (χ1n) is 10.5. The summed E-state index contributed by atoms with van der Waals surface area (Å²) < 4.78 is 0. The first-order chi connectivity index (χ1) is 13.2.